The van der Waals surface area contributed by atoms with E-state index in [9.17, 15) is 4.79 Å². The monoisotopic (exact) mass is 452 g/mol. The highest BCUT2D eigenvalue weighted by Crippen LogP contribution is 2.26. The minimum atomic E-state index is -0.222. The van der Waals surface area contributed by atoms with Crippen LogP contribution < -0.4 is 4.74 Å². The van der Waals surface area contributed by atoms with Crippen molar-refractivity contribution < 1.29 is 14.3 Å². The van der Waals surface area contributed by atoms with Gasteiger partial charge in [0.15, 0.2) is 0 Å². The zero-order valence-corrected chi connectivity index (χ0v) is 21.1. The van der Waals surface area contributed by atoms with Crippen LogP contribution in [0.4, 0.5) is 0 Å². The molecule has 1 unspecified atom stereocenters. The summed E-state index contributed by atoms with van der Waals surface area (Å²) in [7, 11) is 0. The molecule has 0 saturated heterocycles. The normalized spacial score (nSPS) is 11.8. The topological polar surface area (TPSA) is 35.5 Å². The third-order valence-electron chi connectivity index (χ3n) is 6.13. The molecule has 0 spiro atoms. The average Bonchev–Trinajstić information content (AvgIpc) is 2.83. The third-order valence-corrected chi connectivity index (χ3v) is 6.13. The Morgan fingerprint density at radius 1 is 0.697 bits per heavy atom. The van der Waals surface area contributed by atoms with Gasteiger partial charge in [-0.25, -0.2) is 0 Å². The molecule has 0 amide bonds. The Bertz CT molecular complexity index is 764. The number of benzene rings is 2. The Balaban J connectivity index is 1.71. The van der Waals surface area contributed by atoms with Crippen molar-refractivity contribution in [3.05, 3.63) is 54.1 Å². The lowest BCUT2D eigenvalue weighted by atomic mass is 10.0. The van der Waals surface area contributed by atoms with Crippen LogP contribution in [0, 0.1) is 0 Å². The Morgan fingerprint density at radius 2 is 1.21 bits per heavy atom. The Hall–Kier alpha value is -2.29. The number of ether oxygens (including phenoxy) is 2. The van der Waals surface area contributed by atoms with Crippen molar-refractivity contribution in [2.24, 2.45) is 0 Å². The summed E-state index contributed by atoms with van der Waals surface area (Å²) >= 11 is 0. The molecule has 3 heteroatoms. The first kappa shape index (κ1) is 27.0. The molecular formula is C30H44O3. The molecule has 0 aromatic heterocycles. The number of carbonyl (C=O) groups excluding carboxylic acids is 1. The van der Waals surface area contributed by atoms with Gasteiger partial charge < -0.3 is 9.47 Å². The molecule has 0 N–H and O–H groups in total. The first-order valence-corrected chi connectivity index (χ1v) is 13.2. The van der Waals surface area contributed by atoms with Gasteiger partial charge in [0, 0.05) is 6.42 Å². The minimum absolute atomic E-state index is 0.109. The van der Waals surface area contributed by atoms with Crippen LogP contribution in [-0.4, -0.2) is 12.6 Å². The van der Waals surface area contributed by atoms with E-state index in [1.54, 1.807) is 0 Å². The maximum atomic E-state index is 12.0. The average molecular weight is 453 g/mol. The maximum absolute atomic E-state index is 12.0. The largest absolute Gasteiger partial charge is 0.494 e. The fourth-order valence-corrected chi connectivity index (χ4v) is 3.96. The molecule has 182 valence electrons. The van der Waals surface area contributed by atoms with Crippen LogP contribution in [-0.2, 0) is 9.53 Å². The lowest BCUT2D eigenvalue weighted by Crippen LogP contribution is -2.08. The van der Waals surface area contributed by atoms with Crippen LogP contribution >= 0.6 is 0 Å². The number of carbonyl (C=O) groups is 1. The number of unbranched alkanes of at least 4 members (excludes halogenated alkanes) is 9. The van der Waals surface area contributed by atoms with E-state index in [0.29, 0.717) is 6.42 Å². The molecule has 0 aliphatic carbocycles. The first-order chi connectivity index (χ1) is 16.1. The molecule has 0 radical (unpaired) electrons. The smallest absolute Gasteiger partial charge is 0.306 e. The van der Waals surface area contributed by atoms with E-state index in [1.165, 1.54) is 44.9 Å². The van der Waals surface area contributed by atoms with E-state index >= 15 is 0 Å². The van der Waals surface area contributed by atoms with E-state index in [-0.39, 0.29) is 12.1 Å². The van der Waals surface area contributed by atoms with E-state index in [2.05, 4.69) is 50.2 Å². The van der Waals surface area contributed by atoms with Gasteiger partial charge in [0.1, 0.15) is 11.9 Å². The zero-order valence-electron chi connectivity index (χ0n) is 21.1. The molecule has 3 nitrogen and oxygen atoms in total. The maximum Gasteiger partial charge on any atom is 0.306 e. The SMILES string of the molecule is CCCCCCCCCCOc1ccc(-c2ccc(C(C)OC(=O)CCCCC)cc2)cc1. The second-order valence-corrected chi connectivity index (χ2v) is 9.06. The molecule has 0 aliphatic heterocycles. The van der Waals surface area contributed by atoms with Crippen molar-refractivity contribution in [3.8, 4) is 16.9 Å². The Morgan fingerprint density at radius 3 is 1.82 bits per heavy atom. The molecular weight excluding hydrogens is 408 g/mol. The minimum Gasteiger partial charge on any atom is -0.494 e. The first-order valence-electron chi connectivity index (χ1n) is 13.2. The predicted octanol–water partition coefficient (Wildman–Crippen LogP) is 9.06. The lowest BCUT2D eigenvalue weighted by Gasteiger charge is -2.14. The molecule has 0 heterocycles. The molecule has 2 aromatic carbocycles. The van der Waals surface area contributed by atoms with Gasteiger partial charge in [-0.15, -0.1) is 0 Å². The van der Waals surface area contributed by atoms with Crippen molar-refractivity contribution in [2.75, 3.05) is 6.61 Å². The lowest BCUT2D eigenvalue weighted by molar-refractivity contribution is -0.148. The van der Waals surface area contributed by atoms with Gasteiger partial charge in [0.2, 0.25) is 0 Å². The summed E-state index contributed by atoms with van der Waals surface area (Å²) in [5.74, 6) is 0.824. The quantitative estimate of drug-likeness (QED) is 0.177. The van der Waals surface area contributed by atoms with Gasteiger partial charge in [-0.3, -0.25) is 4.79 Å². The van der Waals surface area contributed by atoms with Crippen molar-refractivity contribution >= 4 is 5.97 Å². The van der Waals surface area contributed by atoms with Crippen molar-refractivity contribution in [2.45, 2.75) is 104 Å². The van der Waals surface area contributed by atoms with E-state index in [4.69, 9.17) is 9.47 Å². The van der Waals surface area contributed by atoms with Crippen LogP contribution in [0.3, 0.4) is 0 Å². The molecule has 2 aromatic rings. The van der Waals surface area contributed by atoms with Crippen LogP contribution in [0.15, 0.2) is 48.5 Å². The molecule has 33 heavy (non-hydrogen) atoms. The highest BCUT2D eigenvalue weighted by molar-refractivity contribution is 5.69. The molecule has 0 aliphatic rings. The number of hydrogen-bond acceptors (Lipinski definition) is 3. The van der Waals surface area contributed by atoms with E-state index < -0.39 is 0 Å². The fraction of sp³-hybridized carbons (Fsp3) is 0.567. The van der Waals surface area contributed by atoms with Crippen molar-refractivity contribution in [1.82, 2.24) is 0 Å². The molecule has 2 rings (SSSR count). The summed E-state index contributed by atoms with van der Waals surface area (Å²) in [6.07, 6.45) is 13.9. The highest BCUT2D eigenvalue weighted by Gasteiger charge is 2.11. The Kier molecular flexibility index (Phi) is 13.4. The predicted molar refractivity (Wildman–Crippen MR) is 139 cm³/mol. The number of hydrogen-bond donors (Lipinski definition) is 0. The third kappa shape index (κ3) is 10.9. The summed E-state index contributed by atoms with van der Waals surface area (Å²) in [6.45, 7) is 7.12. The standard InChI is InChI=1S/C30H44O3/c1-4-6-8-9-10-11-12-14-24-32-29-22-20-28(21-23-29)27-18-16-26(17-19-27)25(3)33-30(31)15-13-7-5-2/h16-23,25H,4-15,24H2,1-3H3. The van der Waals surface area contributed by atoms with Crippen LogP contribution in [0.25, 0.3) is 11.1 Å². The van der Waals surface area contributed by atoms with Gasteiger partial charge >= 0.3 is 5.97 Å². The molecule has 0 saturated carbocycles. The number of esters is 1. The molecule has 1 atom stereocenters. The summed E-state index contributed by atoms with van der Waals surface area (Å²) in [4.78, 5) is 12.0. The summed E-state index contributed by atoms with van der Waals surface area (Å²) in [6, 6.07) is 16.6. The van der Waals surface area contributed by atoms with Crippen LogP contribution in [0.1, 0.15) is 109 Å². The zero-order chi connectivity index (χ0) is 23.7. The van der Waals surface area contributed by atoms with Gasteiger partial charge in [-0.1, -0.05) is 108 Å². The van der Waals surface area contributed by atoms with Gasteiger partial charge in [-0.2, -0.15) is 0 Å². The van der Waals surface area contributed by atoms with Crippen molar-refractivity contribution in [3.63, 3.8) is 0 Å². The van der Waals surface area contributed by atoms with Crippen LogP contribution in [0.5, 0.6) is 5.75 Å². The summed E-state index contributed by atoms with van der Waals surface area (Å²) in [5, 5.41) is 0. The van der Waals surface area contributed by atoms with E-state index in [1.807, 2.05) is 19.1 Å². The highest BCUT2D eigenvalue weighted by atomic mass is 16.5. The second-order valence-electron chi connectivity index (χ2n) is 9.06. The Labute approximate surface area is 201 Å². The van der Waals surface area contributed by atoms with E-state index in [0.717, 1.165) is 54.7 Å². The summed E-state index contributed by atoms with van der Waals surface area (Å²) < 4.78 is 11.5. The van der Waals surface area contributed by atoms with Crippen LogP contribution in [0.2, 0.25) is 0 Å². The summed E-state index contributed by atoms with van der Waals surface area (Å²) in [5.41, 5.74) is 3.33. The van der Waals surface area contributed by atoms with Gasteiger partial charge in [0.25, 0.3) is 0 Å². The van der Waals surface area contributed by atoms with Gasteiger partial charge in [0.05, 0.1) is 6.61 Å². The fourth-order valence-electron chi connectivity index (χ4n) is 3.96. The van der Waals surface area contributed by atoms with Crippen molar-refractivity contribution in [1.29, 1.82) is 0 Å². The molecule has 0 bridgehead atoms. The molecule has 0 fully saturated rings. The second kappa shape index (κ2) is 16.3. The van der Waals surface area contributed by atoms with Gasteiger partial charge in [-0.05, 0) is 48.6 Å². The number of rotatable bonds is 17.